The van der Waals surface area contributed by atoms with Crippen molar-refractivity contribution in [3.05, 3.63) is 72.9 Å². The molecular weight excluding hydrogens is 1060 g/mol. The standard InChI is InChI=1S/C74H136NO8P/c1-6-8-10-12-14-16-18-20-22-24-26-28-30-32-34-35-36-37-38-39-41-42-44-46-48-50-52-54-56-58-60-62-64-66-73(76)80-70-72(71-82-84(78,79)81-69-68-75(3,4)5)83-74(77)67-65-63-61-59-57-55-53-51-49-47-45-43-40-33-31-29-27-25-23-21-19-17-15-13-11-9-7-2/h9,11,15,17,21,23,27,29,33,40,45,47,72H,6-8,10,12-14,16,18-20,22,24-26,28,30-32,34-39,41-44,46,48-71H2,1-5H3/b11-9-,17-15-,23-21-,29-27-,40-33-,47-45-. The highest BCUT2D eigenvalue weighted by molar-refractivity contribution is 7.45. The Kier molecular flexibility index (Phi) is 62.9. The van der Waals surface area contributed by atoms with Gasteiger partial charge in [0.05, 0.1) is 27.7 Å². The largest absolute Gasteiger partial charge is 0.756 e. The number of likely N-dealkylation sites (N-methyl/N-ethyl adjacent to an activating group) is 1. The molecule has 0 N–H and O–H groups in total. The number of unbranched alkanes of at least 4 members (excludes halogenated alkanes) is 40. The van der Waals surface area contributed by atoms with E-state index in [0.29, 0.717) is 17.4 Å². The summed E-state index contributed by atoms with van der Waals surface area (Å²) in [5, 5.41) is 0. The summed E-state index contributed by atoms with van der Waals surface area (Å²) in [6.45, 7) is 4.16. The Balaban J connectivity index is 4.02. The van der Waals surface area contributed by atoms with Crippen molar-refractivity contribution >= 4 is 19.8 Å². The van der Waals surface area contributed by atoms with Gasteiger partial charge in [-0.05, 0) is 64.2 Å². The molecule has 0 heterocycles. The second kappa shape index (κ2) is 64.9. The van der Waals surface area contributed by atoms with E-state index in [4.69, 9.17) is 18.5 Å². The van der Waals surface area contributed by atoms with E-state index in [9.17, 15) is 19.0 Å². The van der Waals surface area contributed by atoms with E-state index in [1.54, 1.807) is 0 Å². The molecule has 2 unspecified atom stereocenters. The zero-order valence-electron chi connectivity index (χ0n) is 55.8. The molecule has 9 nitrogen and oxygen atoms in total. The molecule has 84 heavy (non-hydrogen) atoms. The second-order valence-electron chi connectivity index (χ2n) is 25.2. The average molecular weight is 1200 g/mol. The Hall–Kier alpha value is -2.55. The van der Waals surface area contributed by atoms with Crippen LogP contribution in [0.25, 0.3) is 0 Å². The monoisotopic (exact) mass is 1200 g/mol. The van der Waals surface area contributed by atoms with Crippen LogP contribution in [0.5, 0.6) is 0 Å². The number of esters is 2. The van der Waals surface area contributed by atoms with Crippen LogP contribution in [-0.4, -0.2) is 70.0 Å². The van der Waals surface area contributed by atoms with Gasteiger partial charge in [-0.25, -0.2) is 0 Å². The summed E-state index contributed by atoms with van der Waals surface area (Å²) in [6.07, 6.45) is 87.1. The molecule has 0 bridgehead atoms. The Morgan fingerprint density at radius 1 is 0.381 bits per heavy atom. The molecule has 0 radical (unpaired) electrons. The molecule has 0 spiro atoms. The Labute approximate surface area is 520 Å². The first kappa shape index (κ1) is 81.5. The van der Waals surface area contributed by atoms with Crippen molar-refractivity contribution in [1.29, 1.82) is 0 Å². The predicted octanol–water partition coefficient (Wildman–Crippen LogP) is 22.5. The zero-order chi connectivity index (χ0) is 61.2. The van der Waals surface area contributed by atoms with E-state index in [1.165, 1.54) is 218 Å². The molecule has 0 aromatic rings. The van der Waals surface area contributed by atoms with Gasteiger partial charge in [-0.15, -0.1) is 0 Å². The van der Waals surface area contributed by atoms with Gasteiger partial charge in [0, 0.05) is 12.8 Å². The minimum atomic E-state index is -4.65. The van der Waals surface area contributed by atoms with Crippen molar-refractivity contribution in [1.82, 2.24) is 0 Å². The summed E-state index contributed by atoms with van der Waals surface area (Å²) in [4.78, 5) is 38.1. The molecule has 0 saturated carbocycles. The number of carbonyl (C=O) groups is 2. The minimum absolute atomic E-state index is 0.0339. The van der Waals surface area contributed by atoms with E-state index in [1.807, 2.05) is 21.1 Å². The summed E-state index contributed by atoms with van der Waals surface area (Å²) in [6, 6.07) is 0. The van der Waals surface area contributed by atoms with Gasteiger partial charge >= 0.3 is 11.9 Å². The SMILES string of the molecule is CC/C=C\C/C=C\C/C=C\C/C=C\C/C=C\C/C=C\CCCCCCCCCCC(=O)OC(COC(=O)CCCCCCCCCCCCCCCCCCCCCCCCCCCCCCCCCCC)COP(=O)([O-])OCC[N+](C)(C)C. The highest BCUT2D eigenvalue weighted by Crippen LogP contribution is 2.38. The molecule has 0 aliphatic heterocycles. The lowest BCUT2D eigenvalue weighted by Crippen LogP contribution is -2.37. The van der Waals surface area contributed by atoms with E-state index < -0.39 is 26.5 Å². The number of hydrogen-bond acceptors (Lipinski definition) is 8. The lowest BCUT2D eigenvalue weighted by atomic mass is 10.0. The van der Waals surface area contributed by atoms with Crippen LogP contribution in [0.15, 0.2) is 72.9 Å². The molecule has 0 aromatic carbocycles. The highest BCUT2D eigenvalue weighted by atomic mass is 31.2. The van der Waals surface area contributed by atoms with Crippen molar-refractivity contribution in [2.75, 3.05) is 47.5 Å². The number of carbonyl (C=O) groups excluding carboxylic acids is 2. The van der Waals surface area contributed by atoms with E-state index >= 15 is 0 Å². The van der Waals surface area contributed by atoms with Gasteiger partial charge < -0.3 is 27.9 Å². The van der Waals surface area contributed by atoms with Crippen LogP contribution < -0.4 is 4.89 Å². The molecule has 0 saturated heterocycles. The van der Waals surface area contributed by atoms with Crippen LogP contribution in [-0.2, 0) is 32.7 Å². The number of quaternary nitrogens is 1. The molecule has 0 aromatic heterocycles. The first-order chi connectivity index (χ1) is 41.0. The molecule has 10 heteroatoms. The van der Waals surface area contributed by atoms with Gasteiger partial charge in [0.25, 0.3) is 7.82 Å². The summed E-state index contributed by atoms with van der Waals surface area (Å²) < 4.78 is 34.3. The fourth-order valence-electron chi connectivity index (χ4n) is 10.3. The van der Waals surface area contributed by atoms with Gasteiger partial charge in [-0.1, -0.05) is 331 Å². The van der Waals surface area contributed by atoms with Crippen LogP contribution in [0.4, 0.5) is 0 Å². The van der Waals surface area contributed by atoms with Gasteiger partial charge in [-0.3, -0.25) is 14.2 Å². The number of allylic oxidation sites excluding steroid dienone is 12. The summed E-state index contributed by atoms with van der Waals surface area (Å²) in [7, 11) is 1.17. The van der Waals surface area contributed by atoms with Crippen LogP contribution in [0, 0.1) is 0 Å². The van der Waals surface area contributed by atoms with Crippen molar-refractivity contribution in [3.63, 3.8) is 0 Å². The molecule has 490 valence electrons. The number of rotatable bonds is 66. The van der Waals surface area contributed by atoms with Crippen molar-refractivity contribution in [2.24, 2.45) is 0 Å². The highest BCUT2D eigenvalue weighted by Gasteiger charge is 2.22. The maximum Gasteiger partial charge on any atom is 0.306 e. The van der Waals surface area contributed by atoms with E-state index in [2.05, 4.69) is 86.8 Å². The number of phosphoric acid groups is 1. The summed E-state index contributed by atoms with van der Waals surface area (Å²) in [5.74, 6) is -0.831. The molecule has 2 atom stereocenters. The number of nitrogens with zero attached hydrogens (tertiary/aromatic N) is 1. The number of phosphoric ester groups is 1. The first-order valence-electron chi connectivity index (χ1n) is 35.6. The third-order valence-electron chi connectivity index (χ3n) is 15.7. The van der Waals surface area contributed by atoms with E-state index in [0.717, 1.165) is 83.5 Å². The Bertz CT molecular complexity index is 1650. The zero-order valence-corrected chi connectivity index (χ0v) is 56.7. The van der Waals surface area contributed by atoms with Crippen LogP contribution in [0.3, 0.4) is 0 Å². The molecule has 0 rings (SSSR count). The Morgan fingerprint density at radius 3 is 1.01 bits per heavy atom. The fourth-order valence-corrected chi connectivity index (χ4v) is 11.0. The Morgan fingerprint density at radius 2 is 0.679 bits per heavy atom. The molecule has 0 aliphatic rings. The first-order valence-corrected chi connectivity index (χ1v) is 37.1. The lowest BCUT2D eigenvalue weighted by Gasteiger charge is -2.28. The normalized spacial score (nSPS) is 13.5. The minimum Gasteiger partial charge on any atom is -0.756 e. The maximum absolute atomic E-state index is 12.9. The van der Waals surface area contributed by atoms with Crippen molar-refractivity contribution in [3.8, 4) is 0 Å². The quantitative estimate of drug-likeness (QED) is 0.0195. The third-order valence-corrected chi connectivity index (χ3v) is 16.7. The predicted molar refractivity (Wildman–Crippen MR) is 360 cm³/mol. The topological polar surface area (TPSA) is 111 Å². The van der Waals surface area contributed by atoms with Crippen LogP contribution >= 0.6 is 7.82 Å². The number of ether oxygens (including phenoxy) is 2. The van der Waals surface area contributed by atoms with E-state index in [-0.39, 0.29) is 32.0 Å². The smallest absolute Gasteiger partial charge is 0.306 e. The summed E-state index contributed by atoms with van der Waals surface area (Å²) in [5.41, 5.74) is 0. The fraction of sp³-hybridized carbons (Fsp3) is 0.811. The third kappa shape index (κ3) is 68.6. The van der Waals surface area contributed by atoms with Crippen LogP contribution in [0.2, 0.25) is 0 Å². The molecular formula is C74H136NO8P. The molecule has 0 aliphatic carbocycles. The van der Waals surface area contributed by atoms with Crippen molar-refractivity contribution in [2.45, 2.75) is 341 Å². The van der Waals surface area contributed by atoms with Crippen molar-refractivity contribution < 1.29 is 42.1 Å². The van der Waals surface area contributed by atoms with Gasteiger partial charge in [0.15, 0.2) is 6.10 Å². The average Bonchev–Trinajstić information content (AvgIpc) is 3.61. The molecule has 0 amide bonds. The maximum atomic E-state index is 12.9. The second-order valence-corrected chi connectivity index (χ2v) is 26.6. The van der Waals surface area contributed by atoms with Crippen LogP contribution in [0.1, 0.15) is 335 Å². The number of hydrogen-bond donors (Lipinski definition) is 0. The summed E-state index contributed by atoms with van der Waals surface area (Å²) >= 11 is 0. The van der Waals surface area contributed by atoms with Gasteiger partial charge in [0.2, 0.25) is 0 Å². The molecule has 0 fully saturated rings. The van der Waals surface area contributed by atoms with Gasteiger partial charge in [-0.2, -0.15) is 0 Å². The van der Waals surface area contributed by atoms with Gasteiger partial charge in [0.1, 0.15) is 19.8 Å². The lowest BCUT2D eigenvalue weighted by molar-refractivity contribution is -0.870.